The first-order valence-corrected chi connectivity index (χ1v) is 10.6. The van der Waals surface area contributed by atoms with Crippen LogP contribution in [0.5, 0.6) is 5.75 Å². The van der Waals surface area contributed by atoms with Gasteiger partial charge in [0.05, 0.1) is 11.1 Å². The molecule has 1 saturated heterocycles. The van der Waals surface area contributed by atoms with Crippen LogP contribution in [0.2, 0.25) is 0 Å². The van der Waals surface area contributed by atoms with Crippen molar-refractivity contribution in [2.45, 2.75) is 51.9 Å². The highest BCUT2D eigenvalue weighted by molar-refractivity contribution is 6.14. The number of phenolic OH excluding ortho intramolecular Hbond substituents is 1. The second kappa shape index (κ2) is 8.50. The third-order valence-corrected chi connectivity index (χ3v) is 6.09. The number of rotatable bonds is 4. The lowest BCUT2D eigenvalue weighted by atomic mass is 9.99. The van der Waals surface area contributed by atoms with Crippen molar-refractivity contribution in [2.75, 3.05) is 11.9 Å². The van der Waals surface area contributed by atoms with E-state index >= 15 is 0 Å². The summed E-state index contributed by atoms with van der Waals surface area (Å²) in [6.45, 7) is 5.11. The van der Waals surface area contributed by atoms with Gasteiger partial charge in [-0.25, -0.2) is 0 Å². The van der Waals surface area contributed by atoms with Gasteiger partial charge in [0.15, 0.2) is 0 Å². The predicted octanol–water partition coefficient (Wildman–Crippen LogP) is 6.09. The molecule has 0 radical (unpaired) electrons. The van der Waals surface area contributed by atoms with Gasteiger partial charge in [-0.15, -0.1) is 0 Å². The normalized spacial score (nSPS) is 17.6. The maximum Gasteiger partial charge on any atom is 0.416 e. The minimum atomic E-state index is -4.51. The minimum Gasteiger partial charge on any atom is -0.508 e. The van der Waals surface area contributed by atoms with Crippen molar-refractivity contribution in [3.63, 3.8) is 0 Å². The van der Waals surface area contributed by atoms with Crippen molar-refractivity contribution in [3.8, 4) is 5.75 Å². The van der Waals surface area contributed by atoms with Crippen LogP contribution in [-0.2, 0) is 12.7 Å². The fraction of sp³-hybridized carbons (Fsp3) is 0.375. The van der Waals surface area contributed by atoms with E-state index in [1.165, 1.54) is 12.1 Å². The highest BCUT2D eigenvalue weighted by atomic mass is 19.4. The average molecular weight is 446 g/mol. The standard InChI is InChI=1S/C24H25F3N2O3/c1-14-6-3-4-11-29(14)13-18-19(30)9-10-20-22(18)21(15(2)32-20)23(31)28-17-8-5-7-16(12-17)24(25,26)27/h5,7-10,12,14,30H,3-4,6,11,13H2,1-2H3,(H,28,31)/t14-/m0/s1. The Morgan fingerprint density at radius 2 is 2.03 bits per heavy atom. The number of likely N-dealkylation sites (tertiary alicyclic amines) is 1. The number of piperidine rings is 1. The van der Waals surface area contributed by atoms with Gasteiger partial charge in [-0.2, -0.15) is 13.2 Å². The zero-order chi connectivity index (χ0) is 23.0. The molecule has 0 saturated carbocycles. The molecule has 4 rings (SSSR count). The number of nitrogens with zero attached hydrogens (tertiary/aromatic N) is 1. The van der Waals surface area contributed by atoms with Crippen molar-refractivity contribution < 1.29 is 27.5 Å². The summed E-state index contributed by atoms with van der Waals surface area (Å²) in [5, 5.41) is 13.7. The van der Waals surface area contributed by atoms with Gasteiger partial charge in [-0.3, -0.25) is 9.69 Å². The summed E-state index contributed by atoms with van der Waals surface area (Å²) in [4.78, 5) is 15.4. The van der Waals surface area contributed by atoms with Crippen LogP contribution in [0.4, 0.5) is 18.9 Å². The molecule has 2 N–H and O–H groups in total. The lowest BCUT2D eigenvalue weighted by Gasteiger charge is -2.33. The van der Waals surface area contributed by atoms with E-state index in [4.69, 9.17) is 4.42 Å². The number of hydrogen-bond donors (Lipinski definition) is 2. The van der Waals surface area contributed by atoms with Crippen LogP contribution in [-0.4, -0.2) is 28.5 Å². The summed E-state index contributed by atoms with van der Waals surface area (Å²) in [6, 6.07) is 7.97. The van der Waals surface area contributed by atoms with Gasteiger partial charge in [-0.1, -0.05) is 12.5 Å². The molecule has 0 unspecified atom stereocenters. The molecule has 1 aromatic heterocycles. The molecule has 1 atom stereocenters. The highest BCUT2D eigenvalue weighted by Gasteiger charge is 2.31. The number of furan rings is 1. The second-order valence-corrected chi connectivity index (χ2v) is 8.32. The second-order valence-electron chi connectivity index (χ2n) is 8.32. The lowest BCUT2D eigenvalue weighted by Crippen LogP contribution is -2.36. The number of aromatic hydroxyl groups is 1. The van der Waals surface area contributed by atoms with Crippen LogP contribution in [0.3, 0.4) is 0 Å². The monoisotopic (exact) mass is 446 g/mol. The number of halogens is 3. The maximum absolute atomic E-state index is 13.1. The van der Waals surface area contributed by atoms with E-state index < -0.39 is 17.6 Å². The van der Waals surface area contributed by atoms with Crippen LogP contribution >= 0.6 is 0 Å². The molecular formula is C24H25F3N2O3. The Kier molecular flexibility index (Phi) is 5.90. The number of nitrogens with one attached hydrogen (secondary N) is 1. The molecule has 1 amide bonds. The predicted molar refractivity (Wildman–Crippen MR) is 116 cm³/mol. The molecule has 0 bridgehead atoms. The number of alkyl halides is 3. The Labute approximate surface area is 183 Å². The molecule has 0 aliphatic carbocycles. The number of amides is 1. The van der Waals surface area contributed by atoms with Crippen LogP contribution in [0.25, 0.3) is 11.0 Å². The molecule has 3 aromatic rings. The Morgan fingerprint density at radius 3 is 2.75 bits per heavy atom. The van der Waals surface area contributed by atoms with E-state index in [2.05, 4.69) is 17.1 Å². The highest BCUT2D eigenvalue weighted by Crippen LogP contribution is 2.36. The number of aryl methyl sites for hydroxylation is 1. The molecule has 1 aliphatic rings. The van der Waals surface area contributed by atoms with E-state index in [1.54, 1.807) is 19.1 Å². The van der Waals surface area contributed by atoms with Crippen LogP contribution in [0.1, 0.15) is 53.4 Å². The average Bonchev–Trinajstić information content (AvgIpc) is 3.07. The first-order chi connectivity index (χ1) is 15.1. The topological polar surface area (TPSA) is 65.7 Å². The van der Waals surface area contributed by atoms with E-state index in [0.29, 0.717) is 34.9 Å². The van der Waals surface area contributed by atoms with Gasteiger partial charge in [0, 0.05) is 29.2 Å². The molecule has 32 heavy (non-hydrogen) atoms. The fourth-order valence-electron chi connectivity index (χ4n) is 4.36. The third kappa shape index (κ3) is 4.32. The SMILES string of the molecule is Cc1oc2ccc(O)c(CN3CCCC[C@@H]3C)c2c1C(=O)Nc1cccc(C(F)(F)F)c1. The van der Waals surface area contributed by atoms with Crippen molar-refractivity contribution in [3.05, 3.63) is 58.8 Å². The zero-order valence-corrected chi connectivity index (χ0v) is 17.9. The molecule has 0 spiro atoms. The van der Waals surface area contributed by atoms with Crippen molar-refractivity contribution in [1.82, 2.24) is 4.90 Å². The molecule has 1 fully saturated rings. The number of benzene rings is 2. The summed E-state index contributed by atoms with van der Waals surface area (Å²) in [5.41, 5.74) is 0.441. The Bertz CT molecular complexity index is 1150. The quantitative estimate of drug-likeness (QED) is 0.509. The molecular weight excluding hydrogens is 421 g/mol. The molecule has 2 aromatic carbocycles. The number of carbonyl (C=O) groups excluding carboxylic acids is 1. The van der Waals surface area contributed by atoms with Gasteiger partial charge < -0.3 is 14.8 Å². The third-order valence-electron chi connectivity index (χ3n) is 6.09. The van der Waals surface area contributed by atoms with Gasteiger partial charge in [-0.05, 0) is 63.6 Å². The first kappa shape index (κ1) is 22.2. The molecule has 170 valence electrons. The Balaban J connectivity index is 1.72. The van der Waals surface area contributed by atoms with Gasteiger partial charge in [0.25, 0.3) is 5.91 Å². The largest absolute Gasteiger partial charge is 0.508 e. The van der Waals surface area contributed by atoms with Crippen molar-refractivity contribution >= 4 is 22.6 Å². The number of phenols is 1. The Hall–Kier alpha value is -3.00. The minimum absolute atomic E-state index is 0.0323. The first-order valence-electron chi connectivity index (χ1n) is 10.6. The van der Waals surface area contributed by atoms with E-state index in [9.17, 15) is 23.1 Å². The summed E-state index contributed by atoms with van der Waals surface area (Å²) < 4.78 is 44.9. The smallest absolute Gasteiger partial charge is 0.416 e. The van der Waals surface area contributed by atoms with Crippen LogP contribution < -0.4 is 5.32 Å². The summed E-state index contributed by atoms with van der Waals surface area (Å²) in [7, 11) is 0. The van der Waals surface area contributed by atoms with Crippen LogP contribution in [0.15, 0.2) is 40.8 Å². The van der Waals surface area contributed by atoms with E-state index in [-0.39, 0.29) is 17.0 Å². The molecule has 2 heterocycles. The Morgan fingerprint density at radius 1 is 1.25 bits per heavy atom. The molecule has 8 heteroatoms. The number of hydrogen-bond acceptors (Lipinski definition) is 4. The summed E-state index contributed by atoms with van der Waals surface area (Å²) >= 11 is 0. The molecule has 1 aliphatic heterocycles. The lowest BCUT2D eigenvalue weighted by molar-refractivity contribution is -0.137. The van der Waals surface area contributed by atoms with Crippen molar-refractivity contribution in [1.29, 1.82) is 0 Å². The van der Waals surface area contributed by atoms with Gasteiger partial charge in [0.1, 0.15) is 17.1 Å². The number of fused-ring (bicyclic) bond motifs is 1. The number of carbonyl (C=O) groups is 1. The van der Waals surface area contributed by atoms with Crippen LogP contribution in [0, 0.1) is 6.92 Å². The van der Waals surface area contributed by atoms with Gasteiger partial charge in [0.2, 0.25) is 0 Å². The van der Waals surface area contributed by atoms with E-state index in [0.717, 1.165) is 37.9 Å². The summed E-state index contributed by atoms with van der Waals surface area (Å²) in [6.07, 6.45) is -1.23. The van der Waals surface area contributed by atoms with Gasteiger partial charge >= 0.3 is 6.18 Å². The van der Waals surface area contributed by atoms with Crippen molar-refractivity contribution in [2.24, 2.45) is 0 Å². The zero-order valence-electron chi connectivity index (χ0n) is 17.9. The molecule has 5 nitrogen and oxygen atoms in total. The fourth-order valence-corrected chi connectivity index (χ4v) is 4.36. The van der Waals surface area contributed by atoms with E-state index in [1.807, 2.05) is 0 Å². The number of anilines is 1. The maximum atomic E-state index is 13.1. The summed E-state index contributed by atoms with van der Waals surface area (Å²) in [5.74, 6) is -0.189.